The summed E-state index contributed by atoms with van der Waals surface area (Å²) in [5, 5.41) is 0.724. The maximum absolute atomic E-state index is 11.6. The van der Waals surface area contributed by atoms with Gasteiger partial charge in [0.15, 0.2) is 0 Å². The minimum absolute atomic E-state index is 0.351. The number of ether oxygens (including phenoxy) is 1. The van der Waals surface area contributed by atoms with Crippen LogP contribution >= 0.6 is 0 Å². The number of carbonyl (C=O) groups excluding carboxylic acids is 1. The van der Waals surface area contributed by atoms with Crippen molar-refractivity contribution in [3.05, 3.63) is 35.9 Å². The lowest BCUT2D eigenvalue weighted by Crippen LogP contribution is -2.44. The smallest absolute Gasteiger partial charge is 0.249 e. The monoisotopic (exact) mass is 287 g/mol. The van der Waals surface area contributed by atoms with Crippen LogP contribution in [0.3, 0.4) is 0 Å². The number of nitrogens with zero attached hydrogens (tertiary/aromatic N) is 1. The molecule has 5 nitrogen and oxygen atoms in total. The molecule has 0 atom stereocenters. The molecule has 0 saturated heterocycles. The molecule has 2 aromatic rings. The van der Waals surface area contributed by atoms with E-state index in [4.69, 9.17) is 16.2 Å². The molecule has 0 fully saturated rings. The van der Waals surface area contributed by atoms with Crippen LogP contribution in [0, 0.1) is 0 Å². The van der Waals surface area contributed by atoms with Crippen LogP contribution in [0.4, 0.5) is 0 Å². The second-order valence-corrected chi connectivity index (χ2v) is 5.25. The molecule has 2 rings (SSSR count). The Bertz CT molecular complexity index is 651. The molecule has 4 N–H and O–H groups in total. The number of amides is 1. The molecule has 21 heavy (non-hydrogen) atoms. The molecule has 0 bridgehead atoms. The Kier molecular flexibility index (Phi) is 4.43. The second-order valence-electron chi connectivity index (χ2n) is 5.25. The molecule has 1 heterocycles. The Morgan fingerprint density at radius 1 is 1.29 bits per heavy atom. The zero-order valence-corrected chi connectivity index (χ0v) is 12.4. The van der Waals surface area contributed by atoms with Gasteiger partial charge in [0.05, 0.1) is 11.1 Å². The van der Waals surface area contributed by atoms with Crippen LogP contribution in [0.2, 0.25) is 0 Å². The summed E-state index contributed by atoms with van der Waals surface area (Å²) in [6, 6.07) is 8.92. The highest BCUT2D eigenvalue weighted by Crippen LogP contribution is 2.23. The van der Waals surface area contributed by atoms with Gasteiger partial charge in [0.1, 0.15) is 6.61 Å². The Morgan fingerprint density at radius 2 is 1.95 bits per heavy atom. The van der Waals surface area contributed by atoms with Crippen molar-refractivity contribution in [3.8, 4) is 5.88 Å². The van der Waals surface area contributed by atoms with Crippen molar-refractivity contribution in [2.75, 3.05) is 6.61 Å². The summed E-state index contributed by atoms with van der Waals surface area (Å²) in [7, 11) is 0. The van der Waals surface area contributed by atoms with E-state index in [1.54, 1.807) is 6.07 Å². The van der Waals surface area contributed by atoms with Crippen LogP contribution in [0.1, 0.15) is 37.0 Å². The van der Waals surface area contributed by atoms with Gasteiger partial charge >= 0.3 is 0 Å². The first-order valence-electron chi connectivity index (χ1n) is 7.10. The van der Waals surface area contributed by atoms with E-state index in [9.17, 15) is 4.79 Å². The fraction of sp³-hybridized carbons (Fsp3) is 0.375. The van der Waals surface area contributed by atoms with Gasteiger partial charge in [-0.2, -0.15) is 0 Å². The Labute approximate surface area is 124 Å². The first-order valence-corrected chi connectivity index (χ1v) is 7.10. The topological polar surface area (TPSA) is 91.2 Å². The predicted molar refractivity (Wildman–Crippen MR) is 83.3 cm³/mol. The molecule has 1 aromatic carbocycles. The SMILES string of the molecule is CCC(N)(CC)COc1cc(C(N)=O)c2ccccc2n1. The van der Waals surface area contributed by atoms with Crippen LogP contribution in [0.25, 0.3) is 10.9 Å². The molecule has 0 saturated carbocycles. The number of carbonyl (C=O) groups is 1. The maximum atomic E-state index is 11.6. The molecule has 1 amide bonds. The van der Waals surface area contributed by atoms with Gasteiger partial charge in [-0.05, 0) is 18.9 Å². The lowest BCUT2D eigenvalue weighted by Gasteiger charge is -2.26. The summed E-state index contributed by atoms with van der Waals surface area (Å²) in [6.07, 6.45) is 1.61. The second kappa shape index (κ2) is 6.10. The number of aromatic nitrogens is 1. The van der Waals surface area contributed by atoms with Crippen molar-refractivity contribution < 1.29 is 9.53 Å². The van der Waals surface area contributed by atoms with Gasteiger partial charge in [0, 0.05) is 17.0 Å². The summed E-state index contributed by atoms with van der Waals surface area (Å²) < 4.78 is 5.71. The highest BCUT2D eigenvalue weighted by atomic mass is 16.5. The minimum Gasteiger partial charge on any atom is -0.476 e. The molecular formula is C16H21N3O2. The van der Waals surface area contributed by atoms with E-state index in [1.807, 2.05) is 38.1 Å². The Hall–Kier alpha value is -2.14. The molecule has 0 spiro atoms. The fourth-order valence-electron chi connectivity index (χ4n) is 2.10. The highest BCUT2D eigenvalue weighted by Gasteiger charge is 2.22. The van der Waals surface area contributed by atoms with Crippen LogP contribution in [0.15, 0.2) is 30.3 Å². The summed E-state index contributed by atoms with van der Waals surface area (Å²) in [4.78, 5) is 16.0. The number of nitrogens with two attached hydrogens (primary N) is 2. The van der Waals surface area contributed by atoms with E-state index in [-0.39, 0.29) is 5.54 Å². The molecule has 0 radical (unpaired) electrons. The number of benzene rings is 1. The zero-order valence-electron chi connectivity index (χ0n) is 12.4. The first kappa shape index (κ1) is 15.3. The standard InChI is InChI=1S/C16H21N3O2/c1-3-16(18,4-2)10-21-14-9-12(15(17)20)11-7-5-6-8-13(11)19-14/h5-9H,3-4,10,18H2,1-2H3,(H2,17,20). The summed E-state index contributed by atoms with van der Waals surface area (Å²) in [5.41, 5.74) is 12.3. The number of para-hydroxylation sites is 1. The van der Waals surface area contributed by atoms with Gasteiger partial charge in [-0.3, -0.25) is 4.79 Å². The van der Waals surface area contributed by atoms with Gasteiger partial charge in [-0.25, -0.2) is 4.98 Å². The van der Waals surface area contributed by atoms with E-state index in [2.05, 4.69) is 4.98 Å². The van der Waals surface area contributed by atoms with E-state index >= 15 is 0 Å². The first-order chi connectivity index (χ1) is 9.99. The van der Waals surface area contributed by atoms with Crippen molar-refractivity contribution in [2.45, 2.75) is 32.2 Å². The lowest BCUT2D eigenvalue weighted by molar-refractivity contribution is 0.100. The van der Waals surface area contributed by atoms with Crippen LogP contribution in [-0.4, -0.2) is 23.0 Å². The number of primary amides is 1. The van der Waals surface area contributed by atoms with E-state index in [1.165, 1.54) is 0 Å². The van der Waals surface area contributed by atoms with Crippen LogP contribution in [0.5, 0.6) is 5.88 Å². The van der Waals surface area contributed by atoms with E-state index in [0.29, 0.717) is 23.6 Å². The number of fused-ring (bicyclic) bond motifs is 1. The van der Waals surface area contributed by atoms with Gasteiger partial charge in [-0.1, -0.05) is 32.0 Å². The average molecular weight is 287 g/mol. The van der Waals surface area contributed by atoms with Gasteiger partial charge < -0.3 is 16.2 Å². The Balaban J connectivity index is 2.35. The van der Waals surface area contributed by atoms with Crippen molar-refractivity contribution in [1.29, 1.82) is 0 Å². The van der Waals surface area contributed by atoms with Crippen molar-refractivity contribution in [3.63, 3.8) is 0 Å². The maximum Gasteiger partial charge on any atom is 0.249 e. The molecule has 0 aliphatic rings. The van der Waals surface area contributed by atoms with Gasteiger partial charge in [0.2, 0.25) is 11.8 Å². The molecular weight excluding hydrogens is 266 g/mol. The summed E-state index contributed by atoms with van der Waals surface area (Å²) in [5.74, 6) is -0.123. The third-order valence-electron chi connectivity index (χ3n) is 3.87. The normalized spacial score (nSPS) is 11.6. The minimum atomic E-state index is -0.497. The number of hydrogen-bond donors (Lipinski definition) is 2. The van der Waals surface area contributed by atoms with Crippen LogP contribution < -0.4 is 16.2 Å². The number of hydrogen-bond acceptors (Lipinski definition) is 4. The highest BCUT2D eigenvalue weighted by molar-refractivity contribution is 6.05. The summed E-state index contributed by atoms with van der Waals surface area (Å²) in [6.45, 7) is 4.40. The van der Waals surface area contributed by atoms with E-state index in [0.717, 1.165) is 18.2 Å². The molecule has 0 aliphatic carbocycles. The predicted octanol–water partition coefficient (Wildman–Crippen LogP) is 2.23. The largest absolute Gasteiger partial charge is 0.476 e. The van der Waals surface area contributed by atoms with Crippen molar-refractivity contribution in [1.82, 2.24) is 4.98 Å². The lowest BCUT2D eigenvalue weighted by atomic mass is 9.96. The molecule has 0 aliphatic heterocycles. The van der Waals surface area contributed by atoms with Gasteiger partial charge in [0.25, 0.3) is 0 Å². The fourth-order valence-corrected chi connectivity index (χ4v) is 2.10. The van der Waals surface area contributed by atoms with Crippen LogP contribution in [-0.2, 0) is 0 Å². The van der Waals surface area contributed by atoms with Crippen molar-refractivity contribution in [2.24, 2.45) is 11.5 Å². The molecule has 0 unspecified atom stereocenters. The quantitative estimate of drug-likeness (QED) is 0.852. The summed E-state index contributed by atoms with van der Waals surface area (Å²) >= 11 is 0. The number of pyridine rings is 1. The third kappa shape index (κ3) is 3.31. The zero-order chi connectivity index (χ0) is 15.5. The third-order valence-corrected chi connectivity index (χ3v) is 3.87. The average Bonchev–Trinajstić information content (AvgIpc) is 2.51. The Morgan fingerprint density at radius 3 is 2.57 bits per heavy atom. The molecule has 5 heteroatoms. The van der Waals surface area contributed by atoms with E-state index < -0.39 is 5.91 Å². The van der Waals surface area contributed by atoms with Gasteiger partial charge in [-0.15, -0.1) is 0 Å². The molecule has 1 aromatic heterocycles. The molecule has 112 valence electrons. The number of rotatable bonds is 6. The van der Waals surface area contributed by atoms with Crippen molar-refractivity contribution >= 4 is 16.8 Å².